The molecule has 2 N–H and O–H groups in total. The van der Waals surface area contributed by atoms with Gasteiger partial charge in [0.05, 0.1) is 6.42 Å². The molecule has 1 aliphatic rings. The van der Waals surface area contributed by atoms with Crippen LogP contribution in [0.5, 0.6) is 0 Å². The van der Waals surface area contributed by atoms with Gasteiger partial charge in [-0.1, -0.05) is 0 Å². The number of carbonyl (C=O) groups excluding carboxylic acids is 2. The SMILES string of the molecule is O=C1CC(C(=O)NCCF)=NN1. The van der Waals surface area contributed by atoms with Gasteiger partial charge in [0.1, 0.15) is 12.4 Å². The van der Waals surface area contributed by atoms with E-state index in [0.717, 1.165) is 0 Å². The molecule has 2 amide bonds. The molecule has 0 saturated heterocycles. The van der Waals surface area contributed by atoms with Gasteiger partial charge in [0.2, 0.25) is 5.91 Å². The average molecular weight is 173 g/mol. The van der Waals surface area contributed by atoms with Crippen LogP contribution in [0, 0.1) is 0 Å². The van der Waals surface area contributed by atoms with E-state index in [4.69, 9.17) is 0 Å². The van der Waals surface area contributed by atoms with Gasteiger partial charge in [0.25, 0.3) is 5.91 Å². The average Bonchev–Trinajstić information content (AvgIpc) is 2.47. The van der Waals surface area contributed by atoms with Crippen LogP contribution in [0.15, 0.2) is 5.10 Å². The minimum atomic E-state index is -0.625. The minimum Gasteiger partial charge on any atom is -0.348 e. The predicted octanol–water partition coefficient (Wildman–Crippen LogP) is -1.05. The number of nitrogens with zero attached hydrogens (tertiary/aromatic N) is 1. The van der Waals surface area contributed by atoms with Crippen molar-refractivity contribution in [1.82, 2.24) is 10.7 Å². The molecule has 0 aromatic rings. The van der Waals surface area contributed by atoms with Crippen molar-refractivity contribution in [3.63, 3.8) is 0 Å². The van der Waals surface area contributed by atoms with Crippen molar-refractivity contribution >= 4 is 17.5 Å². The zero-order chi connectivity index (χ0) is 8.97. The van der Waals surface area contributed by atoms with Crippen molar-refractivity contribution in [1.29, 1.82) is 0 Å². The summed E-state index contributed by atoms with van der Waals surface area (Å²) in [5.41, 5.74) is 2.23. The summed E-state index contributed by atoms with van der Waals surface area (Å²) in [5.74, 6) is -0.814. The number of carbonyl (C=O) groups is 2. The Bertz CT molecular complexity index is 239. The van der Waals surface area contributed by atoms with E-state index in [-0.39, 0.29) is 24.6 Å². The first kappa shape index (κ1) is 8.63. The van der Waals surface area contributed by atoms with E-state index in [1.165, 1.54) is 0 Å². The summed E-state index contributed by atoms with van der Waals surface area (Å²) in [6, 6.07) is 0. The van der Waals surface area contributed by atoms with Gasteiger partial charge in [-0.2, -0.15) is 5.10 Å². The third-order valence-corrected chi connectivity index (χ3v) is 1.29. The van der Waals surface area contributed by atoms with Crippen molar-refractivity contribution in [2.24, 2.45) is 5.10 Å². The molecule has 6 heteroatoms. The number of rotatable bonds is 3. The molecule has 5 nitrogen and oxygen atoms in total. The molecule has 12 heavy (non-hydrogen) atoms. The molecule has 0 unspecified atom stereocenters. The highest BCUT2D eigenvalue weighted by Crippen LogP contribution is 1.94. The number of hydrogen-bond donors (Lipinski definition) is 2. The lowest BCUT2D eigenvalue weighted by atomic mass is 10.2. The fraction of sp³-hybridized carbons (Fsp3) is 0.500. The number of alkyl halides is 1. The zero-order valence-electron chi connectivity index (χ0n) is 6.26. The third kappa shape index (κ3) is 2.01. The zero-order valence-corrected chi connectivity index (χ0v) is 6.26. The predicted molar refractivity (Wildman–Crippen MR) is 39.2 cm³/mol. The standard InChI is InChI=1S/C6H8FN3O2/c7-1-2-8-6(12)4-3-5(11)10-9-4/h1-3H2,(H,8,12)(H,10,11). The first-order chi connectivity index (χ1) is 5.74. The maximum Gasteiger partial charge on any atom is 0.268 e. The van der Waals surface area contributed by atoms with Crippen LogP contribution >= 0.6 is 0 Å². The number of hydrazone groups is 1. The normalized spacial score (nSPS) is 15.4. The van der Waals surface area contributed by atoms with Gasteiger partial charge in [-0.15, -0.1) is 0 Å². The fourth-order valence-electron chi connectivity index (χ4n) is 0.755. The monoisotopic (exact) mass is 173 g/mol. The first-order valence-electron chi connectivity index (χ1n) is 3.43. The van der Waals surface area contributed by atoms with E-state index >= 15 is 0 Å². The Morgan fingerprint density at radius 1 is 1.75 bits per heavy atom. The minimum absolute atomic E-state index is 0.0296. The Morgan fingerprint density at radius 3 is 3.00 bits per heavy atom. The van der Waals surface area contributed by atoms with Gasteiger partial charge >= 0.3 is 0 Å². The third-order valence-electron chi connectivity index (χ3n) is 1.29. The number of halogens is 1. The number of hydrogen-bond acceptors (Lipinski definition) is 3. The summed E-state index contributed by atoms with van der Waals surface area (Å²) in [5, 5.41) is 5.71. The van der Waals surface area contributed by atoms with Crippen LogP contribution in [0.25, 0.3) is 0 Å². The molecule has 0 fully saturated rings. The lowest BCUT2D eigenvalue weighted by Gasteiger charge is -1.98. The summed E-state index contributed by atoms with van der Waals surface area (Å²) in [6.45, 7) is -0.674. The van der Waals surface area contributed by atoms with Gasteiger partial charge in [0, 0.05) is 6.54 Å². The molecular formula is C6H8FN3O2. The maximum absolute atomic E-state index is 11.6. The highest BCUT2D eigenvalue weighted by Gasteiger charge is 2.20. The van der Waals surface area contributed by atoms with Crippen molar-refractivity contribution < 1.29 is 14.0 Å². The maximum atomic E-state index is 11.6. The van der Waals surface area contributed by atoms with E-state index in [1.807, 2.05) is 0 Å². The Hall–Kier alpha value is -1.46. The Balaban J connectivity index is 2.38. The van der Waals surface area contributed by atoms with Gasteiger partial charge in [0.15, 0.2) is 0 Å². The Morgan fingerprint density at radius 2 is 2.50 bits per heavy atom. The molecule has 1 heterocycles. The number of nitrogens with one attached hydrogen (secondary N) is 2. The van der Waals surface area contributed by atoms with Crippen molar-refractivity contribution in [2.45, 2.75) is 6.42 Å². The smallest absolute Gasteiger partial charge is 0.268 e. The van der Waals surface area contributed by atoms with Gasteiger partial charge in [-0.05, 0) is 0 Å². The summed E-state index contributed by atoms with van der Waals surface area (Å²) < 4.78 is 11.6. The Labute approximate surface area is 68.0 Å². The quantitative estimate of drug-likeness (QED) is 0.571. The molecule has 0 aromatic heterocycles. The van der Waals surface area contributed by atoms with Crippen LogP contribution in [0.1, 0.15) is 6.42 Å². The van der Waals surface area contributed by atoms with Crippen LogP contribution in [-0.4, -0.2) is 30.7 Å². The highest BCUT2D eigenvalue weighted by molar-refractivity contribution is 6.43. The van der Waals surface area contributed by atoms with Crippen molar-refractivity contribution in [3.8, 4) is 0 Å². The van der Waals surface area contributed by atoms with Crippen LogP contribution in [0.4, 0.5) is 4.39 Å². The topological polar surface area (TPSA) is 70.6 Å². The van der Waals surface area contributed by atoms with Gasteiger partial charge in [-0.3, -0.25) is 9.59 Å². The lowest BCUT2D eigenvalue weighted by Crippen LogP contribution is -2.31. The molecule has 0 saturated carbocycles. The van der Waals surface area contributed by atoms with E-state index in [1.54, 1.807) is 0 Å². The highest BCUT2D eigenvalue weighted by atomic mass is 19.1. The van der Waals surface area contributed by atoms with E-state index in [9.17, 15) is 14.0 Å². The second-order valence-electron chi connectivity index (χ2n) is 2.22. The second kappa shape index (κ2) is 3.80. The fourth-order valence-corrected chi connectivity index (χ4v) is 0.755. The van der Waals surface area contributed by atoms with E-state index < -0.39 is 12.6 Å². The summed E-state index contributed by atoms with van der Waals surface area (Å²) in [7, 11) is 0. The molecule has 0 radical (unpaired) electrons. The summed E-state index contributed by atoms with van der Waals surface area (Å²) >= 11 is 0. The molecule has 1 aliphatic heterocycles. The van der Waals surface area contributed by atoms with E-state index in [2.05, 4.69) is 15.8 Å². The van der Waals surface area contributed by atoms with Crippen LogP contribution < -0.4 is 10.7 Å². The first-order valence-corrected chi connectivity index (χ1v) is 3.43. The largest absolute Gasteiger partial charge is 0.348 e. The summed E-state index contributed by atoms with van der Waals surface area (Å²) in [6.07, 6.45) is -0.0296. The molecule has 66 valence electrons. The van der Waals surface area contributed by atoms with Crippen LogP contribution in [-0.2, 0) is 9.59 Å². The molecule has 0 aliphatic carbocycles. The van der Waals surface area contributed by atoms with Crippen LogP contribution in [0.3, 0.4) is 0 Å². The lowest BCUT2D eigenvalue weighted by molar-refractivity contribution is -0.120. The van der Waals surface area contributed by atoms with Crippen molar-refractivity contribution in [2.75, 3.05) is 13.2 Å². The summed E-state index contributed by atoms with van der Waals surface area (Å²) in [4.78, 5) is 21.5. The van der Waals surface area contributed by atoms with Gasteiger partial charge < -0.3 is 5.32 Å². The molecular weight excluding hydrogens is 165 g/mol. The number of amides is 2. The Kier molecular flexibility index (Phi) is 2.73. The molecule has 0 aromatic carbocycles. The molecule has 1 rings (SSSR count). The molecule has 0 bridgehead atoms. The second-order valence-corrected chi connectivity index (χ2v) is 2.22. The van der Waals surface area contributed by atoms with Crippen LogP contribution in [0.2, 0.25) is 0 Å². The van der Waals surface area contributed by atoms with Gasteiger partial charge in [-0.25, -0.2) is 9.82 Å². The molecule has 0 atom stereocenters. The van der Waals surface area contributed by atoms with E-state index in [0.29, 0.717) is 0 Å². The molecule has 0 spiro atoms. The van der Waals surface area contributed by atoms with Crippen molar-refractivity contribution in [3.05, 3.63) is 0 Å².